The predicted molar refractivity (Wildman–Crippen MR) is 42.0 cm³/mol. The zero-order chi connectivity index (χ0) is 8.10. The van der Waals surface area contributed by atoms with Crippen LogP contribution in [-0.2, 0) is 9.53 Å². The van der Waals surface area contributed by atoms with Crippen molar-refractivity contribution in [3.63, 3.8) is 0 Å². The Morgan fingerprint density at radius 2 is 2.55 bits per heavy atom. The van der Waals surface area contributed by atoms with E-state index >= 15 is 0 Å². The van der Waals surface area contributed by atoms with Crippen LogP contribution >= 0.6 is 0 Å². The number of hydrogen-bond acceptors (Lipinski definition) is 2. The van der Waals surface area contributed by atoms with Gasteiger partial charge in [0.15, 0.2) is 5.76 Å². The summed E-state index contributed by atoms with van der Waals surface area (Å²) in [6.07, 6.45) is 3.78. The lowest BCUT2D eigenvalue weighted by Gasteiger charge is -2.04. The van der Waals surface area contributed by atoms with Gasteiger partial charge in [-0.1, -0.05) is 0 Å². The lowest BCUT2D eigenvalue weighted by atomic mass is 10.3. The van der Waals surface area contributed by atoms with Gasteiger partial charge in [-0.15, -0.1) is 0 Å². The number of rotatable bonds is 2. The highest BCUT2D eigenvalue weighted by Gasteiger charge is 2.11. The maximum absolute atomic E-state index is 11.1. The standard InChI is InChI=1S/C8H13NO2/c1-2-11-7-5-3-4-6-9-8(7)10/h5H,2-4,6H2,1H3,(H,9,10). The summed E-state index contributed by atoms with van der Waals surface area (Å²) in [6.45, 7) is 3.18. The molecule has 1 rings (SSSR count). The van der Waals surface area contributed by atoms with Gasteiger partial charge in [0.2, 0.25) is 0 Å². The molecule has 11 heavy (non-hydrogen) atoms. The van der Waals surface area contributed by atoms with Crippen molar-refractivity contribution in [2.75, 3.05) is 13.2 Å². The molecule has 1 amide bonds. The number of ether oxygens (including phenoxy) is 1. The molecule has 0 fully saturated rings. The van der Waals surface area contributed by atoms with E-state index in [0.717, 1.165) is 19.4 Å². The first-order valence-electron chi connectivity index (χ1n) is 3.95. The molecule has 0 saturated heterocycles. The summed E-state index contributed by atoms with van der Waals surface area (Å²) in [5.41, 5.74) is 0. The Bertz CT molecular complexity index is 175. The molecule has 1 heterocycles. The van der Waals surface area contributed by atoms with E-state index in [1.807, 2.05) is 13.0 Å². The molecule has 0 spiro atoms. The fraction of sp³-hybridized carbons (Fsp3) is 0.625. The number of carbonyl (C=O) groups excluding carboxylic acids is 1. The van der Waals surface area contributed by atoms with E-state index in [1.54, 1.807) is 0 Å². The number of nitrogens with one attached hydrogen (secondary N) is 1. The van der Waals surface area contributed by atoms with Crippen LogP contribution in [0, 0.1) is 0 Å². The van der Waals surface area contributed by atoms with Crippen molar-refractivity contribution >= 4 is 5.91 Å². The van der Waals surface area contributed by atoms with Crippen LogP contribution in [0.1, 0.15) is 19.8 Å². The highest BCUT2D eigenvalue weighted by Crippen LogP contribution is 2.04. The largest absolute Gasteiger partial charge is 0.488 e. The Morgan fingerprint density at radius 1 is 1.73 bits per heavy atom. The van der Waals surface area contributed by atoms with Crippen molar-refractivity contribution in [1.29, 1.82) is 0 Å². The van der Waals surface area contributed by atoms with E-state index in [9.17, 15) is 4.79 Å². The highest BCUT2D eigenvalue weighted by atomic mass is 16.5. The molecular weight excluding hydrogens is 142 g/mol. The maximum atomic E-state index is 11.1. The van der Waals surface area contributed by atoms with Gasteiger partial charge in [-0.25, -0.2) is 0 Å². The SMILES string of the molecule is CCOC1=CCCCNC1=O. The van der Waals surface area contributed by atoms with Crippen molar-refractivity contribution in [2.45, 2.75) is 19.8 Å². The van der Waals surface area contributed by atoms with Gasteiger partial charge >= 0.3 is 0 Å². The summed E-state index contributed by atoms with van der Waals surface area (Å²) in [4.78, 5) is 11.1. The lowest BCUT2D eigenvalue weighted by molar-refractivity contribution is -0.120. The van der Waals surface area contributed by atoms with E-state index in [4.69, 9.17) is 4.74 Å². The second-order valence-electron chi connectivity index (χ2n) is 2.40. The Morgan fingerprint density at radius 3 is 3.27 bits per heavy atom. The van der Waals surface area contributed by atoms with Gasteiger partial charge in [-0.3, -0.25) is 4.79 Å². The van der Waals surface area contributed by atoms with Crippen LogP contribution in [0.2, 0.25) is 0 Å². The van der Waals surface area contributed by atoms with Crippen LogP contribution in [-0.4, -0.2) is 19.1 Å². The van der Waals surface area contributed by atoms with Gasteiger partial charge < -0.3 is 10.1 Å². The van der Waals surface area contributed by atoms with Crippen LogP contribution in [0.4, 0.5) is 0 Å². The van der Waals surface area contributed by atoms with Crippen molar-refractivity contribution in [3.05, 3.63) is 11.8 Å². The summed E-state index contributed by atoms with van der Waals surface area (Å²) in [5.74, 6) is 0.398. The average molecular weight is 155 g/mol. The van der Waals surface area contributed by atoms with Crippen LogP contribution in [0.25, 0.3) is 0 Å². The lowest BCUT2D eigenvalue weighted by Crippen LogP contribution is -2.25. The monoisotopic (exact) mass is 155 g/mol. The molecule has 0 radical (unpaired) electrons. The first kappa shape index (κ1) is 8.11. The van der Waals surface area contributed by atoms with Crippen molar-refractivity contribution < 1.29 is 9.53 Å². The fourth-order valence-corrected chi connectivity index (χ4v) is 0.997. The molecule has 62 valence electrons. The third kappa shape index (κ3) is 2.26. The molecule has 0 saturated carbocycles. The Hall–Kier alpha value is -0.990. The molecule has 0 bridgehead atoms. The molecule has 3 heteroatoms. The molecule has 1 aliphatic heterocycles. The third-order valence-corrected chi connectivity index (χ3v) is 1.52. The van der Waals surface area contributed by atoms with Gasteiger partial charge in [0.25, 0.3) is 5.91 Å². The number of hydrogen-bond donors (Lipinski definition) is 1. The zero-order valence-corrected chi connectivity index (χ0v) is 6.72. The first-order valence-corrected chi connectivity index (χ1v) is 3.95. The number of carbonyl (C=O) groups is 1. The molecule has 1 N–H and O–H groups in total. The normalized spacial score (nSPS) is 18.3. The molecule has 1 aliphatic rings. The topological polar surface area (TPSA) is 38.3 Å². The van der Waals surface area contributed by atoms with Gasteiger partial charge in [0, 0.05) is 6.54 Å². The van der Waals surface area contributed by atoms with Gasteiger partial charge in [-0.2, -0.15) is 0 Å². The Labute approximate surface area is 66.4 Å². The molecule has 0 aromatic heterocycles. The minimum absolute atomic E-state index is 0.0793. The van der Waals surface area contributed by atoms with Crippen molar-refractivity contribution in [2.24, 2.45) is 0 Å². The maximum Gasteiger partial charge on any atom is 0.286 e. The fourth-order valence-electron chi connectivity index (χ4n) is 0.997. The van der Waals surface area contributed by atoms with Crippen LogP contribution < -0.4 is 5.32 Å². The molecule has 0 aliphatic carbocycles. The molecular formula is C8H13NO2. The first-order chi connectivity index (χ1) is 5.34. The minimum Gasteiger partial charge on any atom is -0.488 e. The third-order valence-electron chi connectivity index (χ3n) is 1.52. The number of allylic oxidation sites excluding steroid dienone is 1. The van der Waals surface area contributed by atoms with E-state index in [-0.39, 0.29) is 5.91 Å². The molecule has 0 aromatic carbocycles. The van der Waals surface area contributed by atoms with Crippen LogP contribution in [0.15, 0.2) is 11.8 Å². The number of amides is 1. The molecule has 3 nitrogen and oxygen atoms in total. The van der Waals surface area contributed by atoms with Crippen LogP contribution in [0.3, 0.4) is 0 Å². The second kappa shape index (κ2) is 4.01. The summed E-state index contributed by atoms with van der Waals surface area (Å²) >= 11 is 0. The van der Waals surface area contributed by atoms with E-state index in [0.29, 0.717) is 12.4 Å². The van der Waals surface area contributed by atoms with Crippen LogP contribution in [0.5, 0.6) is 0 Å². The smallest absolute Gasteiger partial charge is 0.286 e. The highest BCUT2D eigenvalue weighted by molar-refractivity contribution is 5.91. The quantitative estimate of drug-likeness (QED) is 0.641. The Kier molecular flexibility index (Phi) is 2.95. The summed E-state index contributed by atoms with van der Waals surface area (Å²) < 4.78 is 5.12. The van der Waals surface area contributed by atoms with E-state index < -0.39 is 0 Å². The predicted octanol–water partition coefficient (Wildman–Crippen LogP) is 0.817. The van der Waals surface area contributed by atoms with E-state index in [2.05, 4.69) is 5.32 Å². The molecule has 0 aromatic rings. The molecule has 0 unspecified atom stereocenters. The van der Waals surface area contributed by atoms with Crippen molar-refractivity contribution in [1.82, 2.24) is 5.32 Å². The Balaban J connectivity index is 2.55. The summed E-state index contributed by atoms with van der Waals surface area (Å²) in [6, 6.07) is 0. The average Bonchev–Trinajstić information content (AvgIpc) is 2.18. The molecule has 0 atom stereocenters. The van der Waals surface area contributed by atoms with Gasteiger partial charge in [-0.05, 0) is 25.8 Å². The summed E-state index contributed by atoms with van der Waals surface area (Å²) in [5, 5.41) is 2.75. The zero-order valence-electron chi connectivity index (χ0n) is 6.72. The van der Waals surface area contributed by atoms with E-state index in [1.165, 1.54) is 0 Å². The minimum atomic E-state index is -0.0793. The summed E-state index contributed by atoms with van der Waals surface area (Å²) in [7, 11) is 0. The van der Waals surface area contributed by atoms with Gasteiger partial charge in [0.05, 0.1) is 6.61 Å². The van der Waals surface area contributed by atoms with Gasteiger partial charge in [0.1, 0.15) is 0 Å². The second-order valence-corrected chi connectivity index (χ2v) is 2.40. The van der Waals surface area contributed by atoms with Crippen molar-refractivity contribution in [3.8, 4) is 0 Å².